The summed E-state index contributed by atoms with van der Waals surface area (Å²) in [6.07, 6.45) is 3.70. The van der Waals surface area contributed by atoms with E-state index in [1.165, 1.54) is 10.9 Å². The number of nitrogens with zero attached hydrogens (tertiary/aromatic N) is 1. The highest BCUT2D eigenvalue weighted by Crippen LogP contribution is 2.33. The van der Waals surface area contributed by atoms with Crippen LogP contribution in [-0.2, 0) is 5.41 Å². The Morgan fingerprint density at radius 1 is 1.09 bits per heavy atom. The van der Waals surface area contributed by atoms with Gasteiger partial charge in [0.25, 0.3) is 0 Å². The first-order chi connectivity index (χ1) is 10.8. The number of aromatic amines is 1. The largest absolute Gasteiger partial charge is 0.489 e. The minimum absolute atomic E-state index is 0.120. The molecule has 3 rings (SSSR count). The van der Waals surface area contributed by atoms with Gasteiger partial charge in [-0.3, -0.25) is 4.98 Å². The Bertz CT molecular complexity index is 825. The smallest absolute Gasteiger partial charge is 0.147 e. The van der Waals surface area contributed by atoms with E-state index in [0.29, 0.717) is 0 Å². The van der Waals surface area contributed by atoms with Gasteiger partial charge >= 0.3 is 0 Å². The first kappa shape index (κ1) is 15.6. The van der Waals surface area contributed by atoms with Gasteiger partial charge in [-0.25, -0.2) is 0 Å². The lowest BCUT2D eigenvalue weighted by molar-refractivity contribution is 0.242. The van der Waals surface area contributed by atoms with Crippen LogP contribution >= 0.6 is 0 Å². The number of benzene rings is 1. The highest BCUT2D eigenvalue weighted by Gasteiger charge is 2.15. The Morgan fingerprint density at radius 3 is 2.57 bits per heavy atom. The molecular weight excluding hydrogens is 284 g/mol. The van der Waals surface area contributed by atoms with Crippen molar-refractivity contribution in [2.75, 3.05) is 0 Å². The second kappa shape index (κ2) is 5.73. The van der Waals surface area contributed by atoms with Gasteiger partial charge < -0.3 is 9.72 Å². The van der Waals surface area contributed by atoms with Crippen LogP contribution in [0.2, 0.25) is 0 Å². The van der Waals surface area contributed by atoms with E-state index >= 15 is 0 Å². The van der Waals surface area contributed by atoms with Gasteiger partial charge in [0.05, 0.1) is 18.0 Å². The fourth-order valence-electron chi connectivity index (χ4n) is 2.69. The molecule has 0 radical (unpaired) electrons. The molecule has 0 atom stereocenters. The van der Waals surface area contributed by atoms with E-state index in [1.807, 2.05) is 19.9 Å². The molecule has 0 fully saturated rings. The van der Waals surface area contributed by atoms with Gasteiger partial charge in [-0.1, -0.05) is 26.8 Å². The molecule has 3 nitrogen and oxygen atoms in total. The van der Waals surface area contributed by atoms with Crippen molar-refractivity contribution >= 4 is 10.9 Å². The first-order valence-electron chi connectivity index (χ1n) is 8.09. The van der Waals surface area contributed by atoms with Crippen molar-refractivity contribution in [1.82, 2.24) is 9.97 Å². The van der Waals surface area contributed by atoms with E-state index in [0.717, 1.165) is 22.5 Å². The maximum Gasteiger partial charge on any atom is 0.147 e. The highest BCUT2D eigenvalue weighted by atomic mass is 16.5. The first-order valence-corrected chi connectivity index (χ1v) is 8.09. The standard InChI is InChI=1S/C20H24N2O/c1-13(2)23-19-12-21-9-8-16(19)18-11-14-10-15(20(3,4)5)6-7-17(14)22-18/h6-13,22H,1-5H3. The van der Waals surface area contributed by atoms with Crippen molar-refractivity contribution in [2.45, 2.75) is 46.1 Å². The van der Waals surface area contributed by atoms with E-state index in [-0.39, 0.29) is 11.5 Å². The molecule has 0 aliphatic rings. The van der Waals surface area contributed by atoms with Crippen LogP contribution < -0.4 is 4.74 Å². The lowest BCUT2D eigenvalue weighted by Crippen LogP contribution is -2.10. The van der Waals surface area contributed by atoms with Gasteiger partial charge in [0.2, 0.25) is 0 Å². The number of pyridine rings is 1. The number of hydrogen-bond acceptors (Lipinski definition) is 2. The van der Waals surface area contributed by atoms with Crippen LogP contribution in [-0.4, -0.2) is 16.1 Å². The van der Waals surface area contributed by atoms with Gasteiger partial charge in [-0.15, -0.1) is 0 Å². The van der Waals surface area contributed by atoms with Gasteiger partial charge in [-0.2, -0.15) is 0 Å². The maximum absolute atomic E-state index is 5.89. The average Bonchev–Trinajstić information content (AvgIpc) is 2.89. The molecule has 120 valence electrons. The van der Waals surface area contributed by atoms with E-state index in [1.54, 1.807) is 12.4 Å². The summed E-state index contributed by atoms with van der Waals surface area (Å²) in [4.78, 5) is 7.68. The topological polar surface area (TPSA) is 37.9 Å². The predicted molar refractivity (Wildman–Crippen MR) is 96.0 cm³/mol. The van der Waals surface area contributed by atoms with Crippen molar-refractivity contribution in [1.29, 1.82) is 0 Å². The lowest BCUT2D eigenvalue weighted by Gasteiger charge is -2.18. The van der Waals surface area contributed by atoms with Crippen molar-refractivity contribution in [3.63, 3.8) is 0 Å². The van der Waals surface area contributed by atoms with E-state index in [9.17, 15) is 0 Å². The summed E-state index contributed by atoms with van der Waals surface area (Å²) in [5, 5.41) is 1.22. The molecular formula is C20H24N2O. The number of nitrogens with one attached hydrogen (secondary N) is 1. The molecule has 23 heavy (non-hydrogen) atoms. The lowest BCUT2D eigenvalue weighted by atomic mass is 9.86. The van der Waals surface area contributed by atoms with Crippen LogP contribution in [0, 0.1) is 0 Å². The third-order valence-corrected chi connectivity index (χ3v) is 3.92. The molecule has 0 aliphatic heterocycles. The third kappa shape index (κ3) is 3.24. The molecule has 0 saturated carbocycles. The number of fused-ring (bicyclic) bond motifs is 1. The molecule has 3 heteroatoms. The van der Waals surface area contributed by atoms with Gasteiger partial charge in [0, 0.05) is 22.7 Å². The molecule has 0 saturated heterocycles. The zero-order valence-corrected chi connectivity index (χ0v) is 14.5. The van der Waals surface area contributed by atoms with Crippen LogP contribution in [0.1, 0.15) is 40.2 Å². The molecule has 1 N–H and O–H groups in total. The Morgan fingerprint density at radius 2 is 1.87 bits per heavy atom. The van der Waals surface area contributed by atoms with Crippen LogP contribution in [0.15, 0.2) is 42.7 Å². The molecule has 0 unspecified atom stereocenters. The summed E-state index contributed by atoms with van der Waals surface area (Å²) < 4.78 is 5.89. The predicted octanol–water partition coefficient (Wildman–Crippen LogP) is 5.31. The van der Waals surface area contributed by atoms with Gasteiger partial charge in [0.15, 0.2) is 0 Å². The van der Waals surface area contributed by atoms with Gasteiger partial charge in [0.1, 0.15) is 5.75 Å². The monoisotopic (exact) mass is 308 g/mol. The number of H-pyrrole nitrogens is 1. The Labute approximate surface area is 137 Å². The van der Waals surface area contributed by atoms with Crippen molar-refractivity contribution < 1.29 is 4.74 Å². The number of aromatic nitrogens is 2. The van der Waals surface area contributed by atoms with Crippen LogP contribution in [0.4, 0.5) is 0 Å². The summed E-state index contributed by atoms with van der Waals surface area (Å²) in [5.41, 5.74) is 4.73. The van der Waals surface area contributed by atoms with Crippen molar-refractivity contribution in [3.8, 4) is 17.0 Å². The summed E-state index contributed by atoms with van der Waals surface area (Å²) >= 11 is 0. The summed E-state index contributed by atoms with van der Waals surface area (Å²) in [6, 6.07) is 10.8. The molecule has 1 aromatic carbocycles. The van der Waals surface area contributed by atoms with Crippen LogP contribution in [0.25, 0.3) is 22.2 Å². The minimum atomic E-state index is 0.120. The summed E-state index contributed by atoms with van der Waals surface area (Å²) in [6.45, 7) is 10.8. The molecule has 0 aliphatic carbocycles. The van der Waals surface area contributed by atoms with Crippen LogP contribution in [0.5, 0.6) is 5.75 Å². The third-order valence-electron chi connectivity index (χ3n) is 3.92. The Kier molecular flexibility index (Phi) is 3.88. The highest BCUT2D eigenvalue weighted by molar-refractivity contribution is 5.87. The number of ether oxygens (including phenoxy) is 1. The minimum Gasteiger partial charge on any atom is -0.489 e. The fraction of sp³-hybridized carbons (Fsp3) is 0.350. The van der Waals surface area contributed by atoms with E-state index in [4.69, 9.17) is 4.74 Å². The second-order valence-corrected chi connectivity index (χ2v) is 7.27. The summed E-state index contributed by atoms with van der Waals surface area (Å²) in [7, 11) is 0. The van der Waals surface area contributed by atoms with E-state index < -0.39 is 0 Å². The van der Waals surface area contributed by atoms with E-state index in [2.05, 4.69) is 55.0 Å². The molecule has 2 aromatic heterocycles. The maximum atomic E-state index is 5.89. The Balaban J connectivity index is 2.08. The zero-order chi connectivity index (χ0) is 16.6. The SMILES string of the molecule is CC(C)Oc1cnccc1-c1cc2cc(C(C)(C)C)ccc2[nH]1. The fourth-order valence-corrected chi connectivity index (χ4v) is 2.69. The zero-order valence-electron chi connectivity index (χ0n) is 14.5. The quantitative estimate of drug-likeness (QED) is 0.711. The molecule has 0 amide bonds. The second-order valence-electron chi connectivity index (χ2n) is 7.27. The van der Waals surface area contributed by atoms with Crippen molar-refractivity contribution in [3.05, 3.63) is 48.3 Å². The molecule has 2 heterocycles. The van der Waals surface area contributed by atoms with Crippen molar-refractivity contribution in [2.24, 2.45) is 0 Å². The van der Waals surface area contributed by atoms with Crippen LogP contribution in [0.3, 0.4) is 0 Å². The van der Waals surface area contributed by atoms with Gasteiger partial charge in [-0.05, 0) is 49.1 Å². The molecule has 0 spiro atoms. The molecule has 0 bridgehead atoms. The summed E-state index contributed by atoms with van der Waals surface area (Å²) in [5.74, 6) is 0.810. The molecule has 3 aromatic rings. The average molecular weight is 308 g/mol. The normalized spacial score (nSPS) is 12.1. The number of rotatable bonds is 3. The Hall–Kier alpha value is -2.29. The number of hydrogen-bond donors (Lipinski definition) is 1.